The van der Waals surface area contributed by atoms with Crippen LogP contribution in [0.2, 0.25) is 0 Å². The molecule has 3 nitrogen and oxygen atoms in total. The van der Waals surface area contributed by atoms with Crippen LogP contribution in [0.5, 0.6) is 11.5 Å². The molecule has 0 radical (unpaired) electrons. The van der Waals surface area contributed by atoms with Gasteiger partial charge in [0.15, 0.2) is 17.3 Å². The average molecular weight is 232 g/mol. The third-order valence-electron chi connectivity index (χ3n) is 3.66. The van der Waals surface area contributed by atoms with Gasteiger partial charge in [-0.15, -0.1) is 0 Å². The number of carbonyl (C=O) groups is 1. The van der Waals surface area contributed by atoms with E-state index in [1.807, 2.05) is 18.2 Å². The highest BCUT2D eigenvalue weighted by Crippen LogP contribution is 2.53. The third-order valence-corrected chi connectivity index (χ3v) is 3.66. The van der Waals surface area contributed by atoms with Crippen LogP contribution in [0.15, 0.2) is 18.2 Å². The number of carbonyl (C=O) groups excluding carboxylic acids is 1. The van der Waals surface area contributed by atoms with Gasteiger partial charge in [-0.2, -0.15) is 0 Å². The van der Waals surface area contributed by atoms with Gasteiger partial charge in [0.05, 0.1) is 0 Å². The van der Waals surface area contributed by atoms with Crippen molar-refractivity contribution in [1.82, 2.24) is 0 Å². The molecule has 0 N–H and O–H groups in total. The lowest BCUT2D eigenvalue weighted by Crippen LogP contribution is -2.16. The Labute approximate surface area is 101 Å². The van der Waals surface area contributed by atoms with Crippen molar-refractivity contribution >= 4 is 5.78 Å². The molecular formula is C14H16O3. The highest BCUT2D eigenvalue weighted by molar-refractivity contribution is 6.00. The fraction of sp³-hybridized carbons (Fsp3) is 0.500. The van der Waals surface area contributed by atoms with E-state index in [9.17, 15) is 4.79 Å². The van der Waals surface area contributed by atoms with E-state index in [4.69, 9.17) is 9.47 Å². The number of hydrogen-bond acceptors (Lipinski definition) is 3. The number of rotatable bonds is 2. The maximum Gasteiger partial charge on any atom is 0.166 e. The van der Waals surface area contributed by atoms with Crippen LogP contribution in [0.4, 0.5) is 0 Å². The van der Waals surface area contributed by atoms with E-state index in [-0.39, 0.29) is 17.1 Å². The van der Waals surface area contributed by atoms with Crippen molar-refractivity contribution in [2.45, 2.75) is 20.3 Å². The SMILES string of the molecule is CC1(C)CC1C(=O)c1ccc2c(c1)OCCO2. The lowest BCUT2D eigenvalue weighted by Gasteiger charge is -2.18. The van der Waals surface area contributed by atoms with Crippen LogP contribution in [-0.4, -0.2) is 19.0 Å². The second-order valence-corrected chi connectivity index (χ2v) is 5.47. The van der Waals surface area contributed by atoms with E-state index >= 15 is 0 Å². The lowest BCUT2D eigenvalue weighted by molar-refractivity contribution is 0.0952. The Hall–Kier alpha value is -1.51. The Balaban J connectivity index is 1.87. The van der Waals surface area contributed by atoms with Crippen LogP contribution in [0, 0.1) is 11.3 Å². The third kappa shape index (κ3) is 1.79. The lowest BCUT2D eigenvalue weighted by atomic mass is 10.0. The van der Waals surface area contributed by atoms with Crippen molar-refractivity contribution in [3.8, 4) is 11.5 Å². The Bertz CT molecular complexity index is 476. The standard InChI is InChI=1S/C14H16O3/c1-14(2)8-10(14)13(15)9-3-4-11-12(7-9)17-6-5-16-11/h3-4,7,10H,5-6,8H2,1-2H3. The molecule has 1 saturated carbocycles. The van der Waals surface area contributed by atoms with Crippen molar-refractivity contribution < 1.29 is 14.3 Å². The second-order valence-electron chi connectivity index (χ2n) is 5.47. The molecule has 1 atom stereocenters. The smallest absolute Gasteiger partial charge is 0.166 e. The minimum Gasteiger partial charge on any atom is -0.486 e. The molecule has 2 aliphatic rings. The summed E-state index contributed by atoms with van der Waals surface area (Å²) in [7, 11) is 0. The molecule has 17 heavy (non-hydrogen) atoms. The quantitative estimate of drug-likeness (QED) is 0.735. The van der Waals surface area contributed by atoms with Crippen LogP contribution in [-0.2, 0) is 0 Å². The van der Waals surface area contributed by atoms with E-state index < -0.39 is 0 Å². The zero-order chi connectivity index (χ0) is 12.0. The van der Waals surface area contributed by atoms with Crippen LogP contribution in [0.3, 0.4) is 0 Å². The predicted molar refractivity (Wildman–Crippen MR) is 63.7 cm³/mol. The number of benzene rings is 1. The topological polar surface area (TPSA) is 35.5 Å². The Kier molecular flexibility index (Phi) is 2.18. The van der Waals surface area contributed by atoms with Gasteiger partial charge in [-0.1, -0.05) is 13.8 Å². The first kappa shape index (κ1) is 10.6. The molecule has 0 aromatic heterocycles. The minimum atomic E-state index is 0.171. The molecule has 0 bridgehead atoms. The summed E-state index contributed by atoms with van der Waals surface area (Å²) in [6.45, 7) is 5.40. The van der Waals surface area contributed by atoms with Crippen molar-refractivity contribution in [3.63, 3.8) is 0 Å². The van der Waals surface area contributed by atoms with Crippen LogP contribution < -0.4 is 9.47 Å². The molecule has 90 valence electrons. The maximum absolute atomic E-state index is 12.2. The zero-order valence-corrected chi connectivity index (χ0v) is 10.2. The predicted octanol–water partition coefficient (Wildman–Crippen LogP) is 2.69. The monoisotopic (exact) mass is 232 g/mol. The van der Waals surface area contributed by atoms with E-state index in [1.54, 1.807) is 0 Å². The summed E-state index contributed by atoms with van der Waals surface area (Å²) < 4.78 is 10.9. The largest absolute Gasteiger partial charge is 0.486 e. The van der Waals surface area contributed by atoms with E-state index in [2.05, 4.69) is 13.8 Å². The Morgan fingerprint density at radius 2 is 1.88 bits per heavy atom. The minimum absolute atomic E-state index is 0.171. The molecule has 1 fully saturated rings. The summed E-state index contributed by atoms with van der Waals surface area (Å²) in [5.74, 6) is 1.83. The van der Waals surface area contributed by atoms with E-state index in [1.165, 1.54) is 0 Å². The molecular weight excluding hydrogens is 216 g/mol. The van der Waals surface area contributed by atoms with Gasteiger partial charge in [-0.05, 0) is 30.0 Å². The first-order valence-electron chi connectivity index (χ1n) is 6.02. The first-order valence-corrected chi connectivity index (χ1v) is 6.02. The van der Waals surface area contributed by atoms with Gasteiger partial charge in [-0.25, -0.2) is 0 Å². The van der Waals surface area contributed by atoms with Crippen molar-refractivity contribution in [3.05, 3.63) is 23.8 Å². The summed E-state index contributed by atoms with van der Waals surface area (Å²) in [6.07, 6.45) is 0.986. The Morgan fingerprint density at radius 1 is 1.24 bits per heavy atom. The number of ketones is 1. The van der Waals surface area contributed by atoms with Crippen molar-refractivity contribution in [2.75, 3.05) is 13.2 Å². The van der Waals surface area contributed by atoms with Gasteiger partial charge in [0.25, 0.3) is 0 Å². The molecule has 1 aliphatic carbocycles. The molecule has 1 unspecified atom stereocenters. The van der Waals surface area contributed by atoms with Gasteiger partial charge < -0.3 is 9.47 Å². The summed E-state index contributed by atoms with van der Waals surface area (Å²) in [6, 6.07) is 5.48. The molecule has 1 aliphatic heterocycles. The fourth-order valence-electron chi connectivity index (χ4n) is 2.31. The molecule has 0 amide bonds. The number of fused-ring (bicyclic) bond motifs is 1. The summed E-state index contributed by atoms with van der Waals surface area (Å²) in [4.78, 5) is 12.2. The van der Waals surface area contributed by atoms with Gasteiger partial charge in [0, 0.05) is 11.5 Å². The zero-order valence-electron chi connectivity index (χ0n) is 10.2. The molecule has 0 spiro atoms. The molecule has 1 aromatic rings. The molecule has 3 rings (SSSR count). The van der Waals surface area contributed by atoms with Crippen molar-refractivity contribution in [2.24, 2.45) is 11.3 Å². The van der Waals surface area contributed by atoms with Gasteiger partial charge in [-0.3, -0.25) is 4.79 Å². The molecule has 1 heterocycles. The van der Waals surface area contributed by atoms with Gasteiger partial charge >= 0.3 is 0 Å². The first-order chi connectivity index (χ1) is 8.08. The van der Waals surface area contributed by atoms with Crippen LogP contribution in [0.25, 0.3) is 0 Å². The van der Waals surface area contributed by atoms with Gasteiger partial charge in [0.2, 0.25) is 0 Å². The normalized spacial score (nSPS) is 24.2. The highest BCUT2D eigenvalue weighted by atomic mass is 16.6. The highest BCUT2D eigenvalue weighted by Gasteiger charge is 2.50. The average Bonchev–Trinajstić information content (AvgIpc) is 2.97. The van der Waals surface area contributed by atoms with E-state index in [0.29, 0.717) is 19.0 Å². The maximum atomic E-state index is 12.2. The number of Topliss-reactive ketones (excluding diaryl/α,β-unsaturated/α-hetero) is 1. The van der Waals surface area contributed by atoms with E-state index in [0.717, 1.165) is 17.7 Å². The van der Waals surface area contributed by atoms with Crippen molar-refractivity contribution in [1.29, 1.82) is 0 Å². The van der Waals surface area contributed by atoms with Crippen LogP contribution in [0.1, 0.15) is 30.6 Å². The summed E-state index contributed by atoms with van der Waals surface area (Å²) >= 11 is 0. The van der Waals surface area contributed by atoms with Gasteiger partial charge in [0.1, 0.15) is 13.2 Å². The fourth-order valence-corrected chi connectivity index (χ4v) is 2.31. The molecule has 0 saturated heterocycles. The Morgan fingerprint density at radius 3 is 2.53 bits per heavy atom. The second kappa shape index (κ2) is 3.49. The number of hydrogen-bond donors (Lipinski definition) is 0. The van der Waals surface area contributed by atoms with Crippen LogP contribution >= 0.6 is 0 Å². The summed E-state index contributed by atoms with van der Waals surface area (Å²) in [5, 5.41) is 0. The molecule has 1 aromatic carbocycles. The molecule has 3 heteroatoms. The summed E-state index contributed by atoms with van der Waals surface area (Å²) in [5.41, 5.74) is 0.912. The number of ether oxygens (including phenoxy) is 2.